The first-order valence-electron chi connectivity index (χ1n) is 3.82. The molecule has 4 heteroatoms. The summed E-state index contributed by atoms with van der Waals surface area (Å²) in [5.74, 6) is -0.367. The second-order valence-electron chi connectivity index (χ2n) is 2.52. The Hall–Kier alpha value is -1.32. The Labute approximate surface area is 70.8 Å². The number of nitrogens with zero attached hydrogens (tertiary/aromatic N) is 1. The van der Waals surface area contributed by atoms with E-state index < -0.39 is 0 Å². The van der Waals surface area contributed by atoms with Crippen LogP contribution in [0.2, 0.25) is 0 Å². The van der Waals surface area contributed by atoms with Crippen molar-refractivity contribution in [2.45, 2.75) is 13.3 Å². The number of esters is 1. The first-order chi connectivity index (χ1) is 5.74. The van der Waals surface area contributed by atoms with Gasteiger partial charge in [-0.2, -0.15) is 0 Å². The van der Waals surface area contributed by atoms with Gasteiger partial charge in [0.15, 0.2) is 0 Å². The van der Waals surface area contributed by atoms with E-state index in [4.69, 9.17) is 0 Å². The summed E-state index contributed by atoms with van der Waals surface area (Å²) < 4.78 is 4.63. The van der Waals surface area contributed by atoms with Crippen molar-refractivity contribution in [1.82, 2.24) is 4.90 Å². The van der Waals surface area contributed by atoms with Gasteiger partial charge < -0.3 is 9.64 Å². The number of carbonyl (C=O) groups excluding carboxylic acids is 2. The van der Waals surface area contributed by atoms with Gasteiger partial charge >= 0.3 is 5.97 Å². The number of β-lactam (4-membered cyclic amide) rings is 1. The van der Waals surface area contributed by atoms with Gasteiger partial charge in [-0.3, -0.25) is 4.79 Å². The quantitative estimate of drug-likeness (QED) is 0.346. The highest BCUT2D eigenvalue weighted by Gasteiger charge is 2.25. The number of hydrogen-bond donors (Lipinski definition) is 0. The van der Waals surface area contributed by atoms with Crippen molar-refractivity contribution in [1.29, 1.82) is 0 Å². The van der Waals surface area contributed by atoms with Gasteiger partial charge in [0.25, 0.3) is 0 Å². The molecule has 0 aliphatic carbocycles. The zero-order valence-electron chi connectivity index (χ0n) is 6.95. The lowest BCUT2D eigenvalue weighted by atomic mass is 10.2. The Kier molecular flexibility index (Phi) is 2.85. The van der Waals surface area contributed by atoms with Crippen LogP contribution in [-0.2, 0) is 14.3 Å². The maximum absolute atomic E-state index is 10.9. The van der Waals surface area contributed by atoms with Crippen LogP contribution in [0.5, 0.6) is 0 Å². The average molecular weight is 169 g/mol. The van der Waals surface area contributed by atoms with Gasteiger partial charge in [0.1, 0.15) is 6.54 Å². The average Bonchev–Trinajstić information content (AvgIpc) is 2.08. The highest BCUT2D eigenvalue weighted by Crippen LogP contribution is 2.07. The minimum absolute atomic E-state index is 0.0208. The molecular formula is C8H11NO3. The fourth-order valence-corrected chi connectivity index (χ4v) is 0.865. The van der Waals surface area contributed by atoms with Crippen molar-refractivity contribution in [3.8, 4) is 0 Å². The van der Waals surface area contributed by atoms with Gasteiger partial charge in [0.05, 0.1) is 6.26 Å². The molecule has 4 nitrogen and oxygen atoms in total. The van der Waals surface area contributed by atoms with Crippen molar-refractivity contribution >= 4 is 11.9 Å². The van der Waals surface area contributed by atoms with E-state index in [1.165, 1.54) is 11.2 Å². The monoisotopic (exact) mass is 169 g/mol. The van der Waals surface area contributed by atoms with Gasteiger partial charge in [-0.05, 0) is 6.92 Å². The molecule has 0 aromatic rings. The van der Waals surface area contributed by atoms with Crippen LogP contribution in [0.3, 0.4) is 0 Å². The highest BCUT2D eigenvalue weighted by molar-refractivity contribution is 5.86. The summed E-state index contributed by atoms with van der Waals surface area (Å²) in [6.45, 7) is 2.50. The first kappa shape index (κ1) is 8.77. The molecule has 0 N–H and O–H groups in total. The minimum atomic E-state index is -0.388. The zero-order chi connectivity index (χ0) is 8.97. The number of ether oxygens (including phenoxy) is 1. The van der Waals surface area contributed by atoms with Gasteiger partial charge in [-0.25, -0.2) is 4.79 Å². The third kappa shape index (κ3) is 2.08. The highest BCUT2D eigenvalue weighted by atomic mass is 16.5. The van der Waals surface area contributed by atoms with Gasteiger partial charge in [0.2, 0.25) is 5.91 Å². The van der Waals surface area contributed by atoms with E-state index in [2.05, 4.69) is 4.74 Å². The molecule has 1 rings (SSSR count). The molecule has 0 unspecified atom stereocenters. The van der Waals surface area contributed by atoms with Crippen LogP contribution in [0.15, 0.2) is 12.3 Å². The van der Waals surface area contributed by atoms with Crippen LogP contribution in [-0.4, -0.2) is 29.9 Å². The SMILES string of the molecule is CC=COC(=O)CN1CCC1=O. The smallest absolute Gasteiger partial charge is 0.330 e. The Morgan fingerprint density at radius 1 is 1.75 bits per heavy atom. The second kappa shape index (κ2) is 3.90. The normalized spacial score (nSPS) is 16.4. The molecule has 1 aliphatic heterocycles. The molecule has 66 valence electrons. The molecule has 0 radical (unpaired) electrons. The summed E-state index contributed by atoms with van der Waals surface area (Å²) in [6, 6.07) is 0. The molecule has 1 aliphatic rings. The third-order valence-corrected chi connectivity index (χ3v) is 1.60. The predicted octanol–water partition coefficient (Wildman–Crippen LogP) is 0.296. The van der Waals surface area contributed by atoms with Crippen molar-refractivity contribution in [3.05, 3.63) is 12.3 Å². The molecule has 12 heavy (non-hydrogen) atoms. The molecule has 0 saturated carbocycles. The lowest BCUT2D eigenvalue weighted by molar-refractivity contribution is -0.150. The van der Waals surface area contributed by atoms with E-state index in [0.29, 0.717) is 13.0 Å². The van der Waals surface area contributed by atoms with Crippen LogP contribution in [0.25, 0.3) is 0 Å². The molecule has 1 heterocycles. The van der Waals surface area contributed by atoms with Gasteiger partial charge in [-0.15, -0.1) is 0 Å². The molecule has 0 spiro atoms. The second-order valence-corrected chi connectivity index (χ2v) is 2.52. The van der Waals surface area contributed by atoms with E-state index >= 15 is 0 Å². The minimum Gasteiger partial charge on any atom is -0.434 e. The van der Waals surface area contributed by atoms with Crippen molar-refractivity contribution in [3.63, 3.8) is 0 Å². The van der Waals surface area contributed by atoms with Crippen molar-refractivity contribution in [2.24, 2.45) is 0 Å². The Morgan fingerprint density at radius 2 is 2.50 bits per heavy atom. The predicted molar refractivity (Wildman–Crippen MR) is 42.1 cm³/mol. The maximum Gasteiger partial charge on any atom is 0.330 e. The van der Waals surface area contributed by atoms with Crippen LogP contribution in [0.1, 0.15) is 13.3 Å². The summed E-state index contributed by atoms with van der Waals surface area (Å²) in [5.41, 5.74) is 0. The lowest BCUT2D eigenvalue weighted by Crippen LogP contribution is -2.46. The number of likely N-dealkylation sites (tertiary alicyclic amines) is 1. The molecule has 1 amide bonds. The summed E-state index contributed by atoms with van der Waals surface area (Å²) in [7, 11) is 0. The largest absolute Gasteiger partial charge is 0.434 e. The molecule has 0 atom stereocenters. The lowest BCUT2D eigenvalue weighted by Gasteiger charge is -2.28. The fraction of sp³-hybridized carbons (Fsp3) is 0.500. The number of hydrogen-bond acceptors (Lipinski definition) is 3. The molecule has 0 aromatic heterocycles. The Balaban J connectivity index is 2.22. The van der Waals surface area contributed by atoms with Gasteiger partial charge in [0, 0.05) is 13.0 Å². The molecular weight excluding hydrogens is 158 g/mol. The van der Waals surface area contributed by atoms with E-state index in [-0.39, 0.29) is 18.4 Å². The van der Waals surface area contributed by atoms with E-state index in [1.807, 2.05) is 0 Å². The van der Waals surface area contributed by atoms with Crippen LogP contribution >= 0.6 is 0 Å². The summed E-state index contributed by atoms with van der Waals surface area (Å²) in [6.07, 6.45) is 3.49. The van der Waals surface area contributed by atoms with Crippen molar-refractivity contribution in [2.75, 3.05) is 13.1 Å². The van der Waals surface area contributed by atoms with E-state index in [0.717, 1.165) is 0 Å². The summed E-state index contributed by atoms with van der Waals surface area (Å²) >= 11 is 0. The topological polar surface area (TPSA) is 46.6 Å². The standard InChI is InChI=1S/C8H11NO3/c1-2-5-12-8(11)6-9-4-3-7(9)10/h2,5H,3-4,6H2,1H3. The maximum atomic E-state index is 10.9. The van der Waals surface area contributed by atoms with E-state index in [1.54, 1.807) is 13.0 Å². The molecule has 0 aromatic carbocycles. The molecule has 1 saturated heterocycles. The Morgan fingerprint density at radius 3 is 2.92 bits per heavy atom. The zero-order valence-corrected chi connectivity index (χ0v) is 6.95. The number of rotatable bonds is 3. The molecule has 0 bridgehead atoms. The summed E-state index contributed by atoms with van der Waals surface area (Å²) in [4.78, 5) is 23.1. The van der Waals surface area contributed by atoms with Gasteiger partial charge in [-0.1, -0.05) is 6.08 Å². The van der Waals surface area contributed by atoms with Crippen molar-refractivity contribution < 1.29 is 14.3 Å². The number of carbonyl (C=O) groups is 2. The van der Waals surface area contributed by atoms with Crippen LogP contribution in [0.4, 0.5) is 0 Å². The Bertz CT molecular complexity index is 222. The fourth-order valence-electron chi connectivity index (χ4n) is 0.865. The number of allylic oxidation sites excluding steroid dienone is 1. The number of amides is 1. The molecule has 1 fully saturated rings. The third-order valence-electron chi connectivity index (χ3n) is 1.60. The first-order valence-corrected chi connectivity index (χ1v) is 3.82. The van der Waals surface area contributed by atoms with Crippen LogP contribution < -0.4 is 0 Å². The van der Waals surface area contributed by atoms with Crippen LogP contribution in [0, 0.1) is 0 Å². The summed E-state index contributed by atoms with van der Waals surface area (Å²) in [5, 5.41) is 0. The van der Waals surface area contributed by atoms with E-state index in [9.17, 15) is 9.59 Å².